The van der Waals surface area contributed by atoms with E-state index in [9.17, 15) is 5.11 Å². The lowest BCUT2D eigenvalue weighted by Crippen LogP contribution is -2.15. The standard InChI is InChI=1S/C14H19N3O/c1-3-17-13(15-10-16-17)9-11(2)14(18)12-7-5-4-6-8-12/h4-8,10-11,14,18H,3,9H2,1-2H3. The summed E-state index contributed by atoms with van der Waals surface area (Å²) in [6, 6.07) is 9.74. The molecule has 2 rings (SSSR count). The van der Waals surface area contributed by atoms with E-state index in [0.717, 1.165) is 24.4 Å². The van der Waals surface area contributed by atoms with Gasteiger partial charge in [-0.3, -0.25) is 4.68 Å². The van der Waals surface area contributed by atoms with Gasteiger partial charge in [0.1, 0.15) is 12.2 Å². The number of benzene rings is 1. The van der Waals surface area contributed by atoms with Crippen molar-refractivity contribution in [3.05, 3.63) is 48.0 Å². The number of aromatic nitrogens is 3. The summed E-state index contributed by atoms with van der Waals surface area (Å²) >= 11 is 0. The van der Waals surface area contributed by atoms with Crippen molar-refractivity contribution in [3.63, 3.8) is 0 Å². The van der Waals surface area contributed by atoms with Crippen molar-refractivity contribution in [3.8, 4) is 0 Å². The molecule has 4 nitrogen and oxygen atoms in total. The highest BCUT2D eigenvalue weighted by Gasteiger charge is 2.18. The second-order valence-corrected chi connectivity index (χ2v) is 4.53. The van der Waals surface area contributed by atoms with Crippen molar-refractivity contribution in [1.82, 2.24) is 14.8 Å². The van der Waals surface area contributed by atoms with Crippen molar-refractivity contribution in [2.24, 2.45) is 5.92 Å². The SMILES string of the molecule is CCn1ncnc1CC(C)C(O)c1ccccc1. The van der Waals surface area contributed by atoms with Gasteiger partial charge in [0.15, 0.2) is 0 Å². The predicted octanol–water partition coefficient (Wildman–Crippen LogP) is 2.21. The van der Waals surface area contributed by atoms with Crippen LogP contribution >= 0.6 is 0 Å². The molecule has 0 aliphatic rings. The topological polar surface area (TPSA) is 50.9 Å². The molecule has 0 aliphatic carbocycles. The second-order valence-electron chi connectivity index (χ2n) is 4.53. The van der Waals surface area contributed by atoms with Gasteiger partial charge in [-0.1, -0.05) is 37.3 Å². The summed E-state index contributed by atoms with van der Waals surface area (Å²) in [5, 5.41) is 14.4. The van der Waals surface area contributed by atoms with Crippen molar-refractivity contribution in [2.75, 3.05) is 0 Å². The van der Waals surface area contributed by atoms with E-state index >= 15 is 0 Å². The highest BCUT2D eigenvalue weighted by molar-refractivity contribution is 5.18. The summed E-state index contributed by atoms with van der Waals surface area (Å²) in [6.45, 7) is 4.88. The molecule has 1 N–H and O–H groups in total. The summed E-state index contributed by atoms with van der Waals surface area (Å²) in [5.41, 5.74) is 0.951. The van der Waals surface area contributed by atoms with E-state index in [2.05, 4.69) is 10.1 Å². The number of aryl methyl sites for hydroxylation is 1. The van der Waals surface area contributed by atoms with Crippen molar-refractivity contribution >= 4 is 0 Å². The molecule has 0 spiro atoms. The predicted molar refractivity (Wildman–Crippen MR) is 70.0 cm³/mol. The molecule has 0 fully saturated rings. The Balaban J connectivity index is 2.06. The molecular formula is C14H19N3O. The molecule has 1 aromatic carbocycles. The first-order valence-electron chi connectivity index (χ1n) is 6.32. The molecule has 2 atom stereocenters. The molecule has 0 radical (unpaired) electrons. The van der Waals surface area contributed by atoms with E-state index < -0.39 is 6.10 Å². The molecule has 2 aromatic rings. The maximum Gasteiger partial charge on any atom is 0.138 e. The number of nitrogens with zero attached hydrogens (tertiary/aromatic N) is 3. The minimum Gasteiger partial charge on any atom is -0.388 e. The van der Waals surface area contributed by atoms with E-state index in [1.807, 2.05) is 48.9 Å². The van der Waals surface area contributed by atoms with Crippen LogP contribution in [0.15, 0.2) is 36.7 Å². The molecule has 0 bridgehead atoms. The Hall–Kier alpha value is -1.68. The van der Waals surface area contributed by atoms with E-state index in [1.54, 1.807) is 6.33 Å². The van der Waals surface area contributed by atoms with Crippen LogP contribution in [0.4, 0.5) is 0 Å². The zero-order chi connectivity index (χ0) is 13.0. The van der Waals surface area contributed by atoms with Crippen LogP contribution in [0.1, 0.15) is 31.3 Å². The number of aliphatic hydroxyl groups excluding tert-OH is 1. The summed E-state index contributed by atoms with van der Waals surface area (Å²) in [7, 11) is 0. The number of hydrogen-bond donors (Lipinski definition) is 1. The van der Waals surface area contributed by atoms with Gasteiger partial charge in [0.05, 0.1) is 6.10 Å². The molecule has 0 amide bonds. The molecule has 1 heterocycles. The fourth-order valence-electron chi connectivity index (χ4n) is 2.09. The molecule has 18 heavy (non-hydrogen) atoms. The van der Waals surface area contributed by atoms with Gasteiger partial charge < -0.3 is 5.11 Å². The number of aliphatic hydroxyl groups is 1. The van der Waals surface area contributed by atoms with Crippen LogP contribution in [0.25, 0.3) is 0 Å². The summed E-state index contributed by atoms with van der Waals surface area (Å²) < 4.78 is 1.87. The van der Waals surface area contributed by atoms with Gasteiger partial charge in [-0.15, -0.1) is 0 Å². The lowest BCUT2D eigenvalue weighted by molar-refractivity contribution is 0.116. The van der Waals surface area contributed by atoms with Gasteiger partial charge in [-0.05, 0) is 18.4 Å². The van der Waals surface area contributed by atoms with Crippen LogP contribution in [0, 0.1) is 5.92 Å². The molecule has 0 saturated carbocycles. The van der Waals surface area contributed by atoms with E-state index in [-0.39, 0.29) is 5.92 Å². The third kappa shape index (κ3) is 2.76. The van der Waals surface area contributed by atoms with Crippen LogP contribution in [-0.4, -0.2) is 19.9 Å². The normalized spacial score (nSPS) is 14.4. The maximum absolute atomic E-state index is 10.3. The minimum absolute atomic E-state index is 0.113. The van der Waals surface area contributed by atoms with Crippen molar-refractivity contribution in [1.29, 1.82) is 0 Å². The van der Waals surface area contributed by atoms with Crippen LogP contribution in [0.5, 0.6) is 0 Å². The zero-order valence-electron chi connectivity index (χ0n) is 10.8. The van der Waals surface area contributed by atoms with Crippen LogP contribution in [0.3, 0.4) is 0 Å². The highest BCUT2D eigenvalue weighted by atomic mass is 16.3. The molecule has 0 saturated heterocycles. The van der Waals surface area contributed by atoms with Gasteiger partial charge in [-0.25, -0.2) is 4.98 Å². The molecule has 1 aromatic heterocycles. The smallest absolute Gasteiger partial charge is 0.138 e. The Morgan fingerprint density at radius 1 is 1.28 bits per heavy atom. The van der Waals surface area contributed by atoms with E-state index in [4.69, 9.17) is 0 Å². The lowest BCUT2D eigenvalue weighted by atomic mass is 9.94. The fourth-order valence-corrected chi connectivity index (χ4v) is 2.09. The Morgan fingerprint density at radius 2 is 2.00 bits per heavy atom. The van der Waals surface area contributed by atoms with E-state index in [1.165, 1.54) is 0 Å². The van der Waals surface area contributed by atoms with Gasteiger partial charge in [0.25, 0.3) is 0 Å². The van der Waals surface area contributed by atoms with Crippen molar-refractivity contribution in [2.45, 2.75) is 32.9 Å². The zero-order valence-corrected chi connectivity index (χ0v) is 10.8. The number of hydrogen-bond acceptors (Lipinski definition) is 3. The van der Waals surface area contributed by atoms with Gasteiger partial charge in [-0.2, -0.15) is 5.10 Å². The Kier molecular flexibility index (Phi) is 4.10. The van der Waals surface area contributed by atoms with Crippen molar-refractivity contribution < 1.29 is 5.11 Å². The Morgan fingerprint density at radius 3 is 2.67 bits per heavy atom. The Labute approximate surface area is 107 Å². The fraction of sp³-hybridized carbons (Fsp3) is 0.429. The third-order valence-electron chi connectivity index (χ3n) is 3.18. The molecule has 0 aliphatic heterocycles. The molecule has 2 unspecified atom stereocenters. The quantitative estimate of drug-likeness (QED) is 0.878. The van der Waals surface area contributed by atoms with Gasteiger partial charge in [0.2, 0.25) is 0 Å². The number of rotatable bonds is 5. The van der Waals surface area contributed by atoms with Crippen LogP contribution < -0.4 is 0 Å². The monoisotopic (exact) mass is 245 g/mol. The average Bonchev–Trinajstić information content (AvgIpc) is 2.86. The van der Waals surface area contributed by atoms with Gasteiger partial charge >= 0.3 is 0 Å². The maximum atomic E-state index is 10.3. The lowest BCUT2D eigenvalue weighted by Gasteiger charge is -2.18. The first-order chi connectivity index (χ1) is 8.72. The summed E-state index contributed by atoms with van der Waals surface area (Å²) in [4.78, 5) is 4.24. The first-order valence-corrected chi connectivity index (χ1v) is 6.32. The average molecular weight is 245 g/mol. The van der Waals surface area contributed by atoms with Crippen LogP contribution in [0.2, 0.25) is 0 Å². The Bertz CT molecular complexity index is 481. The third-order valence-corrected chi connectivity index (χ3v) is 3.18. The largest absolute Gasteiger partial charge is 0.388 e. The summed E-state index contributed by atoms with van der Waals surface area (Å²) in [6.07, 6.45) is 1.83. The minimum atomic E-state index is -0.465. The molecular weight excluding hydrogens is 226 g/mol. The molecule has 4 heteroatoms. The highest BCUT2D eigenvalue weighted by Crippen LogP contribution is 2.23. The summed E-state index contributed by atoms with van der Waals surface area (Å²) in [5.74, 6) is 1.04. The van der Waals surface area contributed by atoms with Crippen LogP contribution in [-0.2, 0) is 13.0 Å². The van der Waals surface area contributed by atoms with Gasteiger partial charge in [0, 0.05) is 13.0 Å². The second kappa shape index (κ2) is 5.78. The van der Waals surface area contributed by atoms with E-state index in [0.29, 0.717) is 0 Å². The first kappa shape index (κ1) is 12.8. The molecule has 96 valence electrons.